The zero-order valence-corrected chi connectivity index (χ0v) is 22.9. The fourth-order valence-electron chi connectivity index (χ4n) is 6.39. The molecule has 0 radical (unpaired) electrons. The van der Waals surface area contributed by atoms with Gasteiger partial charge in [0.1, 0.15) is 0 Å². The number of nitrogen functional groups attached to an aromatic ring is 1. The van der Waals surface area contributed by atoms with Gasteiger partial charge in [0, 0.05) is 40.0 Å². The molecule has 0 saturated carbocycles. The summed E-state index contributed by atoms with van der Waals surface area (Å²) >= 11 is 0. The fourth-order valence-corrected chi connectivity index (χ4v) is 6.39. The average Bonchev–Trinajstić information content (AvgIpc) is 3.37. The highest BCUT2D eigenvalue weighted by Gasteiger charge is 2.26. The van der Waals surface area contributed by atoms with Crippen LogP contribution in [0.25, 0.3) is 33.8 Å². The molecule has 1 heterocycles. The Labute approximate surface area is 241 Å². The van der Waals surface area contributed by atoms with E-state index in [-0.39, 0.29) is 12.0 Å². The number of benzene rings is 5. The molecule has 0 spiro atoms. The van der Waals surface area contributed by atoms with Crippen LogP contribution in [0.3, 0.4) is 0 Å². The van der Waals surface area contributed by atoms with E-state index in [1.165, 1.54) is 33.3 Å². The zero-order chi connectivity index (χ0) is 27.8. The van der Waals surface area contributed by atoms with Crippen molar-refractivity contribution >= 4 is 22.7 Å². The van der Waals surface area contributed by atoms with E-state index >= 15 is 0 Å². The van der Waals surface area contributed by atoms with E-state index in [4.69, 9.17) is 11.5 Å². The molecule has 6 aromatic rings. The number of rotatable bonds is 6. The lowest BCUT2D eigenvalue weighted by molar-refractivity contribution is 0.631. The van der Waals surface area contributed by atoms with Gasteiger partial charge >= 0.3 is 0 Å². The second-order valence-electron chi connectivity index (χ2n) is 10.9. The van der Waals surface area contributed by atoms with Gasteiger partial charge in [0.25, 0.3) is 0 Å². The summed E-state index contributed by atoms with van der Waals surface area (Å²) in [5.41, 5.74) is 25.2. The lowest BCUT2D eigenvalue weighted by Gasteiger charge is -2.27. The van der Waals surface area contributed by atoms with Gasteiger partial charge in [0.2, 0.25) is 0 Å². The molecule has 0 aliphatic heterocycles. The largest absolute Gasteiger partial charge is 0.398 e. The number of hydrogen-bond donors (Lipinski definition) is 2. The van der Waals surface area contributed by atoms with Crippen molar-refractivity contribution in [3.63, 3.8) is 0 Å². The summed E-state index contributed by atoms with van der Waals surface area (Å²) in [6, 6.07) is 44.5. The molecule has 1 aliphatic carbocycles. The second kappa shape index (κ2) is 10.6. The van der Waals surface area contributed by atoms with Crippen LogP contribution in [0.15, 0.2) is 133 Å². The van der Waals surface area contributed by atoms with Crippen molar-refractivity contribution in [2.24, 2.45) is 5.73 Å². The molecule has 2 atom stereocenters. The number of hydrogen-bond acceptors (Lipinski definition) is 2. The van der Waals surface area contributed by atoms with Crippen LogP contribution in [0, 0.1) is 0 Å². The first-order valence-corrected chi connectivity index (χ1v) is 14.3. The monoisotopic (exact) mass is 531 g/mol. The molecule has 0 fully saturated rings. The first-order valence-electron chi connectivity index (χ1n) is 14.3. The number of para-hydroxylation sites is 2. The van der Waals surface area contributed by atoms with Crippen molar-refractivity contribution in [1.29, 1.82) is 0 Å². The third kappa shape index (κ3) is 4.55. The number of allylic oxidation sites excluding steroid dienone is 1. The van der Waals surface area contributed by atoms with Crippen molar-refractivity contribution in [3.05, 3.63) is 161 Å². The summed E-state index contributed by atoms with van der Waals surface area (Å²) in [4.78, 5) is 0. The molecule has 0 bridgehead atoms. The highest BCUT2D eigenvalue weighted by Crippen LogP contribution is 2.39. The first-order chi connectivity index (χ1) is 20.2. The molecule has 0 saturated heterocycles. The van der Waals surface area contributed by atoms with Gasteiger partial charge < -0.3 is 16.0 Å². The minimum absolute atomic E-state index is 0.0859. The van der Waals surface area contributed by atoms with Crippen LogP contribution in [0.5, 0.6) is 0 Å². The normalized spacial score (nSPS) is 14.1. The van der Waals surface area contributed by atoms with Gasteiger partial charge in [0.15, 0.2) is 0 Å². The van der Waals surface area contributed by atoms with Crippen molar-refractivity contribution in [2.75, 3.05) is 5.73 Å². The molecule has 5 aromatic carbocycles. The predicted octanol–water partition coefficient (Wildman–Crippen LogP) is 8.67. The van der Waals surface area contributed by atoms with Crippen molar-refractivity contribution in [2.45, 2.75) is 24.8 Å². The number of nitrogens with two attached hydrogens (primary N) is 2. The van der Waals surface area contributed by atoms with E-state index in [1.54, 1.807) is 0 Å². The second-order valence-corrected chi connectivity index (χ2v) is 10.9. The Morgan fingerprint density at radius 2 is 1.29 bits per heavy atom. The molecule has 3 nitrogen and oxygen atoms in total. The maximum atomic E-state index is 7.12. The average molecular weight is 532 g/mol. The Hall–Kier alpha value is -4.86. The SMILES string of the molecule is Nc1ccccc1[C@@H](c1ccc(-c2ccccc2)cc1)C(N)c1ccc(-n2c3c(c4ccccc42)C=CCC3)cc1. The molecular weight excluding hydrogens is 498 g/mol. The number of fused-ring (bicyclic) bond motifs is 3. The Balaban J connectivity index is 1.27. The Bertz CT molecular complexity index is 1840. The van der Waals surface area contributed by atoms with E-state index in [1.807, 2.05) is 24.3 Å². The lowest BCUT2D eigenvalue weighted by atomic mass is 9.81. The minimum atomic E-state index is -0.269. The minimum Gasteiger partial charge on any atom is -0.398 e. The summed E-state index contributed by atoms with van der Waals surface area (Å²) in [5.74, 6) is -0.0859. The van der Waals surface area contributed by atoms with E-state index in [0.29, 0.717) is 0 Å². The Morgan fingerprint density at radius 3 is 2.07 bits per heavy atom. The molecule has 1 aliphatic rings. The van der Waals surface area contributed by atoms with Gasteiger partial charge in [-0.2, -0.15) is 0 Å². The molecule has 0 amide bonds. The lowest BCUT2D eigenvalue weighted by Crippen LogP contribution is -2.22. The maximum absolute atomic E-state index is 7.12. The molecule has 1 unspecified atom stereocenters. The topological polar surface area (TPSA) is 57.0 Å². The zero-order valence-electron chi connectivity index (χ0n) is 22.9. The van der Waals surface area contributed by atoms with E-state index < -0.39 is 0 Å². The first kappa shape index (κ1) is 25.1. The number of aromatic nitrogens is 1. The van der Waals surface area contributed by atoms with Gasteiger partial charge in [-0.1, -0.05) is 115 Å². The van der Waals surface area contributed by atoms with Crippen molar-refractivity contribution < 1.29 is 0 Å². The highest BCUT2D eigenvalue weighted by molar-refractivity contribution is 5.93. The van der Waals surface area contributed by atoms with Gasteiger partial charge in [-0.15, -0.1) is 0 Å². The fraction of sp³-hybridized carbons (Fsp3) is 0.105. The number of anilines is 1. The van der Waals surface area contributed by atoms with Gasteiger partial charge in [-0.25, -0.2) is 0 Å². The van der Waals surface area contributed by atoms with Crippen LogP contribution in [-0.2, 0) is 6.42 Å². The summed E-state index contributed by atoms with van der Waals surface area (Å²) in [7, 11) is 0. The van der Waals surface area contributed by atoms with E-state index in [0.717, 1.165) is 40.9 Å². The van der Waals surface area contributed by atoms with Crippen LogP contribution in [-0.4, -0.2) is 4.57 Å². The quantitative estimate of drug-likeness (QED) is 0.211. The summed E-state index contributed by atoms with van der Waals surface area (Å²) < 4.78 is 2.42. The van der Waals surface area contributed by atoms with Crippen LogP contribution in [0.1, 0.15) is 46.3 Å². The Morgan fingerprint density at radius 1 is 0.634 bits per heavy atom. The van der Waals surface area contributed by atoms with Crippen LogP contribution < -0.4 is 11.5 Å². The summed E-state index contributed by atoms with van der Waals surface area (Å²) in [6.07, 6.45) is 6.66. The van der Waals surface area contributed by atoms with Gasteiger partial charge in [-0.05, 0) is 64.9 Å². The predicted molar refractivity (Wildman–Crippen MR) is 172 cm³/mol. The van der Waals surface area contributed by atoms with Crippen LogP contribution >= 0.6 is 0 Å². The maximum Gasteiger partial charge on any atom is 0.0537 e. The highest BCUT2D eigenvalue weighted by atomic mass is 15.0. The van der Waals surface area contributed by atoms with E-state index in [2.05, 4.69) is 120 Å². The molecular formula is C38H33N3. The summed E-state index contributed by atoms with van der Waals surface area (Å²) in [5, 5.41) is 1.30. The molecule has 4 N–H and O–H groups in total. The molecule has 200 valence electrons. The van der Waals surface area contributed by atoms with Crippen LogP contribution in [0.4, 0.5) is 5.69 Å². The third-order valence-corrected chi connectivity index (χ3v) is 8.45. The number of nitrogens with zero attached hydrogens (tertiary/aromatic N) is 1. The van der Waals surface area contributed by atoms with Crippen molar-refractivity contribution in [3.8, 4) is 16.8 Å². The molecule has 1 aromatic heterocycles. The van der Waals surface area contributed by atoms with Gasteiger partial charge in [0.05, 0.1) is 5.52 Å². The smallest absolute Gasteiger partial charge is 0.0537 e. The van der Waals surface area contributed by atoms with E-state index in [9.17, 15) is 0 Å². The molecule has 7 rings (SSSR count). The summed E-state index contributed by atoms with van der Waals surface area (Å²) in [6.45, 7) is 0. The van der Waals surface area contributed by atoms with Crippen LogP contribution in [0.2, 0.25) is 0 Å². The molecule has 41 heavy (non-hydrogen) atoms. The Kier molecular flexibility index (Phi) is 6.50. The standard InChI is InChI=1S/C38H33N3/c39-34-15-7-4-14-33(34)37(28-20-18-27(19-21-28)26-10-2-1-3-11-26)38(40)29-22-24-30(25-23-29)41-35-16-8-5-12-31(35)32-13-6-9-17-36(32)41/h1-8,10-16,18-25,37-38H,9,17,39-40H2/t37-,38?/m1/s1. The third-order valence-electron chi connectivity index (χ3n) is 8.45. The molecule has 3 heteroatoms. The van der Waals surface area contributed by atoms with Crippen molar-refractivity contribution in [1.82, 2.24) is 4.57 Å². The van der Waals surface area contributed by atoms with Gasteiger partial charge in [-0.3, -0.25) is 0 Å².